The minimum atomic E-state index is -0.448. The summed E-state index contributed by atoms with van der Waals surface area (Å²) in [5.41, 5.74) is 6.09. The minimum absolute atomic E-state index is 0.182. The molecule has 18 heavy (non-hydrogen) atoms. The van der Waals surface area contributed by atoms with E-state index in [2.05, 4.69) is 15.9 Å². The number of rotatable bonds is 5. The molecule has 1 aromatic rings. The van der Waals surface area contributed by atoms with E-state index in [4.69, 9.17) is 11.1 Å². The second kappa shape index (κ2) is 6.15. The quantitative estimate of drug-likeness (QED) is 0.575. The molecule has 0 saturated carbocycles. The molecule has 0 aliphatic carbocycles. The molecule has 1 aromatic carbocycles. The van der Waals surface area contributed by atoms with Crippen LogP contribution in [0.25, 0.3) is 0 Å². The van der Waals surface area contributed by atoms with E-state index in [9.17, 15) is 9.50 Å². The molecule has 0 bridgehead atoms. The summed E-state index contributed by atoms with van der Waals surface area (Å²) in [4.78, 5) is 1.72. The SMILES string of the molecule is CC(O)CCN(C)c1ccc(C(=N)N)c(Br)c1F. The second-order valence-corrected chi connectivity index (χ2v) is 5.03. The highest BCUT2D eigenvalue weighted by molar-refractivity contribution is 9.10. The van der Waals surface area contributed by atoms with Crippen molar-refractivity contribution in [2.75, 3.05) is 18.5 Å². The molecule has 0 radical (unpaired) electrons. The van der Waals surface area contributed by atoms with Crippen LogP contribution in [0.2, 0.25) is 0 Å². The third-order valence-corrected chi connectivity index (χ3v) is 3.42. The van der Waals surface area contributed by atoms with Crippen molar-refractivity contribution < 1.29 is 9.50 Å². The van der Waals surface area contributed by atoms with E-state index in [0.29, 0.717) is 24.2 Å². The monoisotopic (exact) mass is 317 g/mol. The number of benzene rings is 1. The number of aliphatic hydroxyl groups is 1. The van der Waals surface area contributed by atoms with Crippen molar-refractivity contribution in [3.05, 3.63) is 28.0 Å². The highest BCUT2D eigenvalue weighted by Gasteiger charge is 2.15. The second-order valence-electron chi connectivity index (χ2n) is 4.23. The maximum Gasteiger partial charge on any atom is 0.161 e. The van der Waals surface area contributed by atoms with Crippen molar-refractivity contribution in [1.82, 2.24) is 0 Å². The Kier molecular flexibility index (Phi) is 5.10. The Bertz CT molecular complexity index is 451. The van der Waals surface area contributed by atoms with Crippen LogP contribution in [0, 0.1) is 11.2 Å². The van der Waals surface area contributed by atoms with Gasteiger partial charge in [-0.3, -0.25) is 5.41 Å². The van der Waals surface area contributed by atoms with Crippen LogP contribution in [0.5, 0.6) is 0 Å². The molecule has 0 fully saturated rings. The largest absolute Gasteiger partial charge is 0.393 e. The maximum absolute atomic E-state index is 14.1. The van der Waals surface area contributed by atoms with Gasteiger partial charge in [0.25, 0.3) is 0 Å². The van der Waals surface area contributed by atoms with Gasteiger partial charge in [-0.2, -0.15) is 0 Å². The van der Waals surface area contributed by atoms with E-state index in [1.165, 1.54) is 0 Å². The van der Waals surface area contributed by atoms with Crippen molar-refractivity contribution in [2.45, 2.75) is 19.4 Å². The first-order valence-electron chi connectivity index (χ1n) is 5.56. The average molecular weight is 318 g/mol. The van der Waals surface area contributed by atoms with E-state index in [0.717, 1.165) is 0 Å². The van der Waals surface area contributed by atoms with E-state index >= 15 is 0 Å². The predicted molar refractivity (Wildman–Crippen MR) is 74.7 cm³/mol. The van der Waals surface area contributed by atoms with Crippen LogP contribution in [-0.4, -0.2) is 30.6 Å². The zero-order valence-electron chi connectivity index (χ0n) is 10.4. The Labute approximate surface area is 114 Å². The highest BCUT2D eigenvalue weighted by Crippen LogP contribution is 2.28. The van der Waals surface area contributed by atoms with E-state index in [1.807, 2.05) is 0 Å². The summed E-state index contributed by atoms with van der Waals surface area (Å²) in [5.74, 6) is -0.630. The minimum Gasteiger partial charge on any atom is -0.393 e. The third kappa shape index (κ3) is 3.43. The number of aliphatic hydroxyl groups excluding tert-OH is 1. The molecule has 4 nitrogen and oxygen atoms in total. The van der Waals surface area contributed by atoms with Crippen LogP contribution in [0.1, 0.15) is 18.9 Å². The lowest BCUT2D eigenvalue weighted by Crippen LogP contribution is -2.23. The fourth-order valence-electron chi connectivity index (χ4n) is 1.54. The Morgan fingerprint density at radius 3 is 2.72 bits per heavy atom. The van der Waals surface area contributed by atoms with Gasteiger partial charge < -0.3 is 15.7 Å². The lowest BCUT2D eigenvalue weighted by atomic mass is 10.1. The number of anilines is 1. The molecule has 6 heteroatoms. The molecule has 0 amide bonds. The number of nitrogens with two attached hydrogens (primary N) is 1. The van der Waals surface area contributed by atoms with Gasteiger partial charge in [0.1, 0.15) is 5.84 Å². The molecular formula is C12H17BrFN3O. The molecule has 0 saturated heterocycles. The van der Waals surface area contributed by atoms with Gasteiger partial charge in [-0.25, -0.2) is 4.39 Å². The number of amidine groups is 1. The van der Waals surface area contributed by atoms with Crippen LogP contribution in [0.4, 0.5) is 10.1 Å². The summed E-state index contributed by atoms with van der Waals surface area (Å²) in [5, 5.41) is 16.5. The van der Waals surface area contributed by atoms with Gasteiger partial charge in [0.05, 0.1) is 16.3 Å². The van der Waals surface area contributed by atoms with Crippen molar-refractivity contribution in [1.29, 1.82) is 5.41 Å². The summed E-state index contributed by atoms with van der Waals surface area (Å²) in [7, 11) is 1.75. The molecule has 0 aliphatic rings. The van der Waals surface area contributed by atoms with Crippen LogP contribution in [0.3, 0.4) is 0 Å². The van der Waals surface area contributed by atoms with Gasteiger partial charge in [0.15, 0.2) is 5.82 Å². The first kappa shape index (κ1) is 14.9. The summed E-state index contributed by atoms with van der Waals surface area (Å²) in [6.45, 7) is 2.24. The lowest BCUT2D eigenvalue weighted by Gasteiger charge is -2.21. The van der Waals surface area contributed by atoms with Crippen molar-refractivity contribution in [3.8, 4) is 0 Å². The van der Waals surface area contributed by atoms with E-state index in [-0.39, 0.29) is 10.3 Å². The lowest BCUT2D eigenvalue weighted by molar-refractivity contribution is 0.187. The standard InChI is InChI=1S/C12H17BrFN3O/c1-7(18)5-6-17(2)9-4-3-8(12(15)16)10(13)11(9)14/h3-4,7,18H,5-6H2,1-2H3,(H3,15,16). The fraction of sp³-hybridized carbons (Fsp3) is 0.417. The zero-order valence-corrected chi connectivity index (χ0v) is 12.0. The third-order valence-electron chi connectivity index (χ3n) is 2.65. The molecule has 1 unspecified atom stereocenters. The van der Waals surface area contributed by atoms with Gasteiger partial charge in [0.2, 0.25) is 0 Å². The Morgan fingerprint density at radius 1 is 1.61 bits per heavy atom. The first-order chi connectivity index (χ1) is 8.34. The number of halogens is 2. The van der Waals surface area contributed by atoms with Crippen LogP contribution < -0.4 is 10.6 Å². The van der Waals surface area contributed by atoms with Gasteiger partial charge >= 0.3 is 0 Å². The van der Waals surface area contributed by atoms with Crippen molar-refractivity contribution in [3.63, 3.8) is 0 Å². The zero-order chi connectivity index (χ0) is 13.9. The van der Waals surface area contributed by atoms with Gasteiger partial charge in [-0.1, -0.05) is 0 Å². The molecule has 0 aromatic heterocycles. The summed E-state index contributed by atoms with van der Waals surface area (Å²) in [6, 6.07) is 3.18. The average Bonchev–Trinajstić information content (AvgIpc) is 2.29. The van der Waals surface area contributed by atoms with E-state index < -0.39 is 11.9 Å². The van der Waals surface area contributed by atoms with E-state index in [1.54, 1.807) is 31.0 Å². The van der Waals surface area contributed by atoms with Gasteiger partial charge in [-0.15, -0.1) is 0 Å². The number of hydrogen-bond acceptors (Lipinski definition) is 3. The summed E-state index contributed by atoms with van der Waals surface area (Å²) < 4.78 is 14.3. The molecule has 1 atom stereocenters. The Hall–Kier alpha value is -1.14. The number of hydrogen-bond donors (Lipinski definition) is 3. The number of nitrogens with zero attached hydrogens (tertiary/aromatic N) is 1. The summed E-state index contributed by atoms with van der Waals surface area (Å²) >= 11 is 3.11. The normalized spacial score (nSPS) is 12.3. The molecular weight excluding hydrogens is 301 g/mol. The molecule has 0 aliphatic heterocycles. The fourth-order valence-corrected chi connectivity index (χ4v) is 2.09. The summed E-state index contributed by atoms with van der Waals surface area (Å²) in [6.07, 6.45) is 0.137. The topological polar surface area (TPSA) is 73.3 Å². The number of nitrogens with one attached hydrogen (secondary N) is 1. The van der Waals surface area contributed by atoms with Gasteiger partial charge in [-0.05, 0) is 41.4 Å². The Balaban J connectivity index is 2.97. The molecule has 0 spiro atoms. The number of nitrogen functional groups attached to an aromatic ring is 1. The highest BCUT2D eigenvalue weighted by atomic mass is 79.9. The van der Waals surface area contributed by atoms with Crippen molar-refractivity contribution >= 4 is 27.5 Å². The molecule has 4 N–H and O–H groups in total. The van der Waals surface area contributed by atoms with Crippen LogP contribution in [-0.2, 0) is 0 Å². The first-order valence-corrected chi connectivity index (χ1v) is 6.35. The Morgan fingerprint density at radius 2 is 2.22 bits per heavy atom. The van der Waals surface area contributed by atoms with Crippen molar-refractivity contribution in [2.24, 2.45) is 5.73 Å². The molecule has 0 heterocycles. The smallest absolute Gasteiger partial charge is 0.161 e. The van der Waals surface area contributed by atoms with Crippen LogP contribution in [0.15, 0.2) is 16.6 Å². The molecule has 1 rings (SSSR count). The van der Waals surface area contributed by atoms with Crippen LogP contribution >= 0.6 is 15.9 Å². The maximum atomic E-state index is 14.1. The molecule has 100 valence electrons. The van der Waals surface area contributed by atoms with Gasteiger partial charge in [0, 0.05) is 19.2 Å². The predicted octanol–water partition coefficient (Wildman–Crippen LogP) is 2.08.